The summed E-state index contributed by atoms with van der Waals surface area (Å²) in [6, 6.07) is 51.0. The molecule has 202 valence electrons. The molecule has 8 aromatic carbocycles. The third kappa shape index (κ3) is 2.68. The van der Waals surface area contributed by atoms with Gasteiger partial charge in [-0.15, -0.1) is 0 Å². The van der Waals surface area contributed by atoms with Crippen molar-refractivity contribution in [3.63, 3.8) is 0 Å². The van der Waals surface area contributed by atoms with Crippen LogP contribution in [0.25, 0.3) is 104 Å². The average molecular weight is 558 g/mol. The summed E-state index contributed by atoms with van der Waals surface area (Å²) >= 11 is 0. The number of benzene rings is 8. The quantitative estimate of drug-likeness (QED) is 0.184. The average Bonchev–Trinajstić information content (AvgIpc) is 3.74. The van der Waals surface area contributed by atoms with Crippen molar-refractivity contribution in [1.29, 1.82) is 0 Å². The minimum absolute atomic E-state index is 0.911. The fourth-order valence-electron chi connectivity index (χ4n) is 8.15. The zero-order valence-electron chi connectivity index (χ0n) is 23.6. The van der Waals surface area contributed by atoms with Crippen molar-refractivity contribution in [2.24, 2.45) is 0 Å². The maximum atomic E-state index is 6.26. The first-order valence-electron chi connectivity index (χ1n) is 15.2. The van der Waals surface area contributed by atoms with E-state index in [9.17, 15) is 0 Å². The van der Waals surface area contributed by atoms with Crippen LogP contribution in [0.15, 0.2) is 144 Å². The second-order valence-corrected chi connectivity index (χ2v) is 12.0. The molecule has 0 saturated heterocycles. The lowest BCUT2D eigenvalue weighted by Crippen LogP contribution is -1.95. The van der Waals surface area contributed by atoms with Gasteiger partial charge in [-0.25, -0.2) is 0 Å². The number of furan rings is 1. The van der Waals surface area contributed by atoms with Crippen molar-refractivity contribution >= 4 is 76.1 Å². The molecule has 1 aliphatic carbocycles. The molecule has 0 bridgehead atoms. The summed E-state index contributed by atoms with van der Waals surface area (Å²) in [7, 11) is 0. The van der Waals surface area contributed by atoms with Gasteiger partial charge in [-0.2, -0.15) is 0 Å². The van der Waals surface area contributed by atoms with E-state index in [4.69, 9.17) is 4.42 Å². The van der Waals surface area contributed by atoms with Crippen LogP contribution in [-0.2, 0) is 0 Å². The number of aromatic nitrogens is 1. The van der Waals surface area contributed by atoms with Crippen LogP contribution in [0.2, 0.25) is 0 Å². The van der Waals surface area contributed by atoms with Crippen molar-refractivity contribution in [2.45, 2.75) is 0 Å². The maximum Gasteiger partial charge on any atom is 0.135 e. The Balaban J connectivity index is 1.43. The lowest BCUT2D eigenvalue weighted by atomic mass is 9.94. The van der Waals surface area contributed by atoms with Crippen LogP contribution in [0.1, 0.15) is 0 Å². The molecule has 0 unspecified atom stereocenters. The molecule has 0 N–H and O–H groups in total. The molecule has 10 aromatic rings. The molecule has 1 aliphatic rings. The number of rotatable bonds is 1. The van der Waals surface area contributed by atoms with E-state index in [1.807, 2.05) is 6.07 Å². The van der Waals surface area contributed by atoms with Crippen molar-refractivity contribution in [2.75, 3.05) is 0 Å². The molecule has 0 amide bonds. The van der Waals surface area contributed by atoms with E-state index in [1.165, 1.54) is 76.4 Å². The molecule has 44 heavy (non-hydrogen) atoms. The molecule has 11 rings (SSSR count). The predicted octanol–water partition coefficient (Wildman–Crippen LogP) is 11.8. The minimum Gasteiger partial charge on any atom is -0.456 e. The Hall–Kier alpha value is -5.86. The third-order valence-electron chi connectivity index (χ3n) is 9.89. The Morgan fingerprint density at radius 3 is 1.82 bits per heavy atom. The Morgan fingerprint density at radius 2 is 0.977 bits per heavy atom. The van der Waals surface area contributed by atoms with Crippen LogP contribution < -0.4 is 0 Å². The summed E-state index contributed by atoms with van der Waals surface area (Å²) in [5.74, 6) is 0. The molecule has 0 radical (unpaired) electrons. The zero-order chi connectivity index (χ0) is 28.5. The van der Waals surface area contributed by atoms with E-state index >= 15 is 0 Å². The number of hydrogen-bond acceptors (Lipinski definition) is 1. The number of para-hydroxylation sites is 1. The molecule has 2 heteroatoms. The summed E-state index contributed by atoms with van der Waals surface area (Å²) in [5.41, 5.74) is 10.7. The lowest BCUT2D eigenvalue weighted by molar-refractivity contribution is 0.669. The highest BCUT2D eigenvalue weighted by Crippen LogP contribution is 2.52. The van der Waals surface area contributed by atoms with Crippen LogP contribution in [0, 0.1) is 0 Å². The maximum absolute atomic E-state index is 6.26. The van der Waals surface area contributed by atoms with Gasteiger partial charge in [-0.1, -0.05) is 109 Å². The summed E-state index contributed by atoms with van der Waals surface area (Å²) in [5, 5.41) is 12.7. The summed E-state index contributed by atoms with van der Waals surface area (Å²) < 4.78 is 8.78. The first-order chi connectivity index (χ1) is 21.8. The van der Waals surface area contributed by atoms with Crippen molar-refractivity contribution in [1.82, 2.24) is 4.57 Å². The molecule has 2 nitrogen and oxygen atoms in total. The standard InChI is InChI=1S/C42H23NO/c1-2-13-28-26(11-1)30-17-9-18-33-39(30)35(28)23-36-40(33)41-31-15-5-3-10-25(31)27-12-4-6-16-32(27)42(41)43(36)24-20-21-38-34(22-24)29-14-7-8-19-37(29)44-38/h1-23H. The van der Waals surface area contributed by atoms with Gasteiger partial charge in [0.15, 0.2) is 0 Å². The third-order valence-corrected chi connectivity index (χ3v) is 9.89. The predicted molar refractivity (Wildman–Crippen MR) is 185 cm³/mol. The molecule has 2 aromatic heterocycles. The van der Waals surface area contributed by atoms with Gasteiger partial charge < -0.3 is 8.98 Å². The number of fused-ring (bicyclic) bond motifs is 15. The van der Waals surface area contributed by atoms with E-state index in [0.29, 0.717) is 0 Å². The summed E-state index contributed by atoms with van der Waals surface area (Å²) in [4.78, 5) is 0. The molecule has 0 saturated carbocycles. The van der Waals surface area contributed by atoms with Gasteiger partial charge in [0.2, 0.25) is 0 Å². The van der Waals surface area contributed by atoms with E-state index in [-0.39, 0.29) is 0 Å². The Morgan fingerprint density at radius 1 is 0.364 bits per heavy atom. The van der Waals surface area contributed by atoms with Crippen LogP contribution in [0.3, 0.4) is 0 Å². The molecule has 2 heterocycles. The van der Waals surface area contributed by atoms with Crippen LogP contribution in [0.5, 0.6) is 0 Å². The highest BCUT2D eigenvalue weighted by atomic mass is 16.3. The molecule has 0 atom stereocenters. The Labute approximate surface area is 252 Å². The van der Waals surface area contributed by atoms with Crippen LogP contribution >= 0.6 is 0 Å². The summed E-state index contributed by atoms with van der Waals surface area (Å²) in [6.45, 7) is 0. The van der Waals surface area contributed by atoms with Gasteiger partial charge in [0, 0.05) is 32.6 Å². The Kier molecular flexibility index (Phi) is 4.10. The van der Waals surface area contributed by atoms with Gasteiger partial charge in [-0.05, 0) is 79.5 Å². The van der Waals surface area contributed by atoms with Gasteiger partial charge in [0.25, 0.3) is 0 Å². The fraction of sp³-hybridized carbons (Fsp3) is 0. The topological polar surface area (TPSA) is 18.1 Å². The van der Waals surface area contributed by atoms with Gasteiger partial charge >= 0.3 is 0 Å². The largest absolute Gasteiger partial charge is 0.456 e. The minimum atomic E-state index is 0.911. The monoisotopic (exact) mass is 557 g/mol. The molecule has 0 fully saturated rings. The molecular formula is C42H23NO. The Bertz CT molecular complexity index is 2880. The highest BCUT2D eigenvalue weighted by Gasteiger charge is 2.27. The van der Waals surface area contributed by atoms with Crippen LogP contribution in [-0.4, -0.2) is 4.57 Å². The smallest absolute Gasteiger partial charge is 0.135 e. The molecule has 0 aliphatic heterocycles. The van der Waals surface area contributed by atoms with Crippen LogP contribution in [0.4, 0.5) is 0 Å². The first kappa shape index (κ1) is 22.7. The van der Waals surface area contributed by atoms with Crippen molar-refractivity contribution < 1.29 is 4.42 Å². The molecular weight excluding hydrogens is 534 g/mol. The normalized spacial score (nSPS) is 12.5. The van der Waals surface area contributed by atoms with E-state index in [0.717, 1.165) is 27.6 Å². The first-order valence-corrected chi connectivity index (χ1v) is 15.2. The van der Waals surface area contributed by atoms with Gasteiger partial charge in [-0.3, -0.25) is 0 Å². The second kappa shape index (κ2) is 7.94. The van der Waals surface area contributed by atoms with E-state index in [1.54, 1.807) is 0 Å². The lowest BCUT2D eigenvalue weighted by Gasteiger charge is -2.12. The second-order valence-electron chi connectivity index (χ2n) is 12.0. The van der Waals surface area contributed by atoms with Gasteiger partial charge in [0.05, 0.1) is 11.0 Å². The molecule has 0 spiro atoms. The highest BCUT2D eigenvalue weighted by molar-refractivity contribution is 6.38. The number of nitrogens with zero attached hydrogens (tertiary/aromatic N) is 1. The van der Waals surface area contributed by atoms with Crippen molar-refractivity contribution in [3.05, 3.63) is 140 Å². The van der Waals surface area contributed by atoms with E-state index in [2.05, 4.69) is 138 Å². The SMILES string of the molecule is c1ccc2c(c1)-c1cccc3c1c-2cc1c3c2c3ccccc3c3ccccc3c2n1-c1ccc2oc3ccccc3c2c1. The van der Waals surface area contributed by atoms with E-state index < -0.39 is 0 Å². The van der Waals surface area contributed by atoms with Crippen molar-refractivity contribution in [3.8, 4) is 27.9 Å². The van der Waals surface area contributed by atoms with Gasteiger partial charge in [0.1, 0.15) is 11.2 Å². The number of hydrogen-bond donors (Lipinski definition) is 0. The fourth-order valence-corrected chi connectivity index (χ4v) is 8.15. The zero-order valence-corrected chi connectivity index (χ0v) is 23.6. The summed E-state index contributed by atoms with van der Waals surface area (Å²) in [6.07, 6.45) is 0.